The summed E-state index contributed by atoms with van der Waals surface area (Å²) >= 11 is 0. The van der Waals surface area contributed by atoms with Crippen LogP contribution in [0.15, 0.2) is 30.5 Å². The molecule has 0 bridgehead atoms. The minimum Gasteiger partial charge on any atom is -0.406 e. The van der Waals surface area contributed by atoms with Crippen LogP contribution in [-0.2, 0) is 11.3 Å². The molecular formula is C13H11F3N2O3. The van der Waals surface area contributed by atoms with Gasteiger partial charge in [0, 0.05) is 13.3 Å². The highest BCUT2D eigenvalue weighted by atomic mass is 19.4. The van der Waals surface area contributed by atoms with E-state index in [-0.39, 0.29) is 12.4 Å². The molecular weight excluding hydrogens is 289 g/mol. The van der Waals surface area contributed by atoms with Crippen LogP contribution < -0.4 is 4.74 Å². The molecule has 0 N–H and O–H groups in total. The summed E-state index contributed by atoms with van der Waals surface area (Å²) in [7, 11) is 1.47. The van der Waals surface area contributed by atoms with E-state index in [2.05, 4.69) is 9.84 Å². The van der Waals surface area contributed by atoms with Crippen molar-refractivity contribution in [2.75, 3.05) is 7.11 Å². The number of aldehydes is 1. The maximum absolute atomic E-state index is 12.1. The third-order valence-electron chi connectivity index (χ3n) is 2.57. The molecule has 0 atom stereocenters. The van der Waals surface area contributed by atoms with E-state index in [0.29, 0.717) is 23.2 Å². The number of halogens is 3. The summed E-state index contributed by atoms with van der Waals surface area (Å²) in [5.41, 5.74) is 1.30. The summed E-state index contributed by atoms with van der Waals surface area (Å²) in [6.45, 7) is 0.163. The molecule has 0 radical (unpaired) electrons. The third kappa shape index (κ3) is 3.82. The normalized spacial score (nSPS) is 11.4. The fourth-order valence-electron chi connectivity index (χ4n) is 1.70. The van der Waals surface area contributed by atoms with Crippen LogP contribution >= 0.6 is 0 Å². The molecule has 21 heavy (non-hydrogen) atoms. The van der Waals surface area contributed by atoms with Crippen LogP contribution in [0.5, 0.6) is 5.75 Å². The molecule has 1 aromatic heterocycles. The number of nitrogens with zero attached hydrogens (tertiary/aromatic N) is 2. The number of benzene rings is 1. The van der Waals surface area contributed by atoms with E-state index in [4.69, 9.17) is 4.74 Å². The Morgan fingerprint density at radius 3 is 2.48 bits per heavy atom. The smallest absolute Gasteiger partial charge is 0.406 e. The number of alkyl halides is 3. The highest BCUT2D eigenvalue weighted by Gasteiger charge is 2.30. The molecule has 8 heteroatoms. The van der Waals surface area contributed by atoms with Crippen LogP contribution in [0.2, 0.25) is 0 Å². The zero-order valence-electron chi connectivity index (χ0n) is 10.9. The second-order valence-electron chi connectivity index (χ2n) is 4.07. The molecule has 0 unspecified atom stereocenters. The van der Waals surface area contributed by atoms with E-state index < -0.39 is 6.36 Å². The van der Waals surface area contributed by atoms with Gasteiger partial charge in [0.2, 0.25) is 0 Å². The van der Waals surface area contributed by atoms with Crippen molar-refractivity contribution in [2.24, 2.45) is 0 Å². The standard InChI is InChI=1S/C13H11F3N2O3/c1-20-8-12-9(7-19)6-18(17-12)10-2-4-11(5-3-10)21-13(14,15)16/h2-7H,8H2,1H3. The van der Waals surface area contributed by atoms with Crippen LogP contribution in [0.25, 0.3) is 5.69 Å². The Kier molecular flexibility index (Phi) is 4.27. The van der Waals surface area contributed by atoms with Crippen LogP contribution in [0.1, 0.15) is 16.1 Å². The van der Waals surface area contributed by atoms with Crippen molar-refractivity contribution in [1.29, 1.82) is 0 Å². The molecule has 2 aromatic rings. The van der Waals surface area contributed by atoms with Gasteiger partial charge < -0.3 is 9.47 Å². The Balaban J connectivity index is 2.24. The SMILES string of the molecule is COCc1nn(-c2ccc(OC(F)(F)F)cc2)cc1C=O. The van der Waals surface area contributed by atoms with Crippen molar-refractivity contribution >= 4 is 6.29 Å². The van der Waals surface area contributed by atoms with Crippen LogP contribution in [0.3, 0.4) is 0 Å². The number of carbonyl (C=O) groups is 1. The van der Waals surface area contributed by atoms with Gasteiger partial charge in [0.15, 0.2) is 6.29 Å². The number of hydrogen-bond acceptors (Lipinski definition) is 4. The lowest BCUT2D eigenvalue weighted by Gasteiger charge is -2.09. The Morgan fingerprint density at radius 1 is 1.29 bits per heavy atom. The van der Waals surface area contributed by atoms with Gasteiger partial charge >= 0.3 is 6.36 Å². The summed E-state index contributed by atoms with van der Waals surface area (Å²) in [5, 5.41) is 4.14. The quantitative estimate of drug-likeness (QED) is 0.797. The fraction of sp³-hybridized carbons (Fsp3) is 0.231. The van der Waals surface area contributed by atoms with Crippen molar-refractivity contribution in [3.63, 3.8) is 0 Å². The largest absolute Gasteiger partial charge is 0.573 e. The molecule has 0 aliphatic rings. The third-order valence-corrected chi connectivity index (χ3v) is 2.57. The highest BCUT2D eigenvalue weighted by Crippen LogP contribution is 2.23. The van der Waals surface area contributed by atoms with Gasteiger partial charge in [-0.2, -0.15) is 5.10 Å². The lowest BCUT2D eigenvalue weighted by molar-refractivity contribution is -0.274. The Hall–Kier alpha value is -2.35. The second-order valence-corrected chi connectivity index (χ2v) is 4.07. The van der Waals surface area contributed by atoms with Crippen molar-refractivity contribution in [2.45, 2.75) is 13.0 Å². The van der Waals surface area contributed by atoms with Crippen molar-refractivity contribution in [1.82, 2.24) is 9.78 Å². The topological polar surface area (TPSA) is 53.4 Å². The molecule has 1 aromatic carbocycles. The molecule has 0 amide bonds. The molecule has 0 saturated heterocycles. The first-order valence-electron chi connectivity index (χ1n) is 5.82. The van der Waals surface area contributed by atoms with E-state index in [1.165, 1.54) is 42.3 Å². The first-order valence-corrected chi connectivity index (χ1v) is 5.82. The fourth-order valence-corrected chi connectivity index (χ4v) is 1.70. The number of rotatable bonds is 5. The maximum Gasteiger partial charge on any atom is 0.573 e. The maximum atomic E-state index is 12.1. The van der Waals surface area contributed by atoms with Gasteiger partial charge in [0.25, 0.3) is 0 Å². The number of ether oxygens (including phenoxy) is 2. The second kappa shape index (κ2) is 5.96. The molecule has 0 fully saturated rings. The molecule has 5 nitrogen and oxygen atoms in total. The molecule has 1 heterocycles. The average Bonchev–Trinajstić information content (AvgIpc) is 2.81. The van der Waals surface area contributed by atoms with Crippen LogP contribution in [-0.4, -0.2) is 29.5 Å². The molecule has 112 valence electrons. The van der Waals surface area contributed by atoms with Gasteiger partial charge in [-0.25, -0.2) is 4.68 Å². The Morgan fingerprint density at radius 2 is 1.95 bits per heavy atom. The summed E-state index contributed by atoms with van der Waals surface area (Å²) in [6.07, 6.45) is -2.62. The first kappa shape index (κ1) is 15.0. The number of methoxy groups -OCH3 is 1. The van der Waals surface area contributed by atoms with Crippen LogP contribution in [0, 0.1) is 0 Å². The molecule has 2 rings (SSSR count). The summed E-state index contributed by atoms with van der Waals surface area (Å²) in [4.78, 5) is 10.9. The molecule has 0 saturated carbocycles. The Labute approximate surface area is 117 Å². The summed E-state index contributed by atoms with van der Waals surface area (Å²) < 4.78 is 46.3. The number of hydrogen-bond donors (Lipinski definition) is 0. The zero-order valence-corrected chi connectivity index (χ0v) is 10.9. The van der Waals surface area contributed by atoms with Gasteiger partial charge in [-0.3, -0.25) is 4.79 Å². The van der Waals surface area contributed by atoms with Gasteiger partial charge in [-0.15, -0.1) is 13.2 Å². The molecule has 0 spiro atoms. The van der Waals surface area contributed by atoms with E-state index in [9.17, 15) is 18.0 Å². The zero-order chi connectivity index (χ0) is 15.5. The Bertz CT molecular complexity index is 621. The molecule has 0 aliphatic heterocycles. The minimum atomic E-state index is -4.73. The van der Waals surface area contributed by atoms with Gasteiger partial charge in [0.1, 0.15) is 5.75 Å². The lowest BCUT2D eigenvalue weighted by Crippen LogP contribution is -2.17. The van der Waals surface area contributed by atoms with Crippen molar-refractivity contribution in [3.8, 4) is 11.4 Å². The van der Waals surface area contributed by atoms with E-state index in [1.807, 2.05) is 0 Å². The summed E-state index contributed by atoms with van der Waals surface area (Å²) in [5.74, 6) is -0.328. The van der Waals surface area contributed by atoms with Crippen LogP contribution in [0.4, 0.5) is 13.2 Å². The van der Waals surface area contributed by atoms with E-state index in [1.54, 1.807) is 0 Å². The first-order chi connectivity index (χ1) is 9.93. The van der Waals surface area contributed by atoms with Gasteiger partial charge in [0.05, 0.1) is 23.6 Å². The number of aromatic nitrogens is 2. The molecule has 0 aliphatic carbocycles. The predicted molar refractivity (Wildman–Crippen MR) is 66.3 cm³/mol. The van der Waals surface area contributed by atoms with Crippen molar-refractivity contribution < 1.29 is 27.4 Å². The van der Waals surface area contributed by atoms with Crippen molar-refractivity contribution in [3.05, 3.63) is 41.7 Å². The summed E-state index contributed by atoms with van der Waals surface area (Å²) in [6, 6.07) is 5.14. The monoisotopic (exact) mass is 300 g/mol. The van der Waals surface area contributed by atoms with E-state index >= 15 is 0 Å². The van der Waals surface area contributed by atoms with Gasteiger partial charge in [-0.05, 0) is 24.3 Å². The van der Waals surface area contributed by atoms with Gasteiger partial charge in [-0.1, -0.05) is 0 Å². The lowest BCUT2D eigenvalue weighted by atomic mass is 10.3. The number of carbonyl (C=O) groups excluding carboxylic acids is 1. The minimum absolute atomic E-state index is 0.163. The average molecular weight is 300 g/mol. The van der Waals surface area contributed by atoms with E-state index in [0.717, 1.165) is 0 Å². The highest BCUT2D eigenvalue weighted by molar-refractivity contribution is 5.76. The predicted octanol–water partition coefficient (Wildman–Crippen LogP) is 2.73.